The highest BCUT2D eigenvalue weighted by atomic mass is 14.0. The molecule has 0 aliphatic carbocycles. The van der Waals surface area contributed by atoms with Gasteiger partial charge in [-0.15, -0.1) is 0 Å². The summed E-state index contributed by atoms with van der Waals surface area (Å²) in [6.45, 7) is 13.7. The summed E-state index contributed by atoms with van der Waals surface area (Å²) in [6.07, 6.45) is 17.2. The molecule has 0 aliphatic rings. The molecule has 0 rings (SSSR count). The van der Waals surface area contributed by atoms with E-state index in [2.05, 4.69) is 59.8 Å². The molecule has 122 valence electrons. The molecule has 0 amide bonds. The molecule has 0 atom stereocenters. The highest BCUT2D eigenvalue weighted by molar-refractivity contribution is 5.06. The number of hydrogen-bond acceptors (Lipinski definition) is 0. The first-order valence-corrected chi connectivity index (χ1v) is 8.92. The maximum absolute atomic E-state index is 2.44. The van der Waals surface area contributed by atoms with Crippen LogP contribution in [0, 0.1) is 5.92 Å². The minimum Gasteiger partial charge on any atom is -0.0856 e. The minimum absolute atomic E-state index is 0.819. The number of rotatable bonds is 11. The monoisotopic (exact) mass is 290 g/mol. The second-order valence-electron chi connectivity index (χ2n) is 6.95. The van der Waals surface area contributed by atoms with Gasteiger partial charge >= 0.3 is 0 Å². The molecule has 0 aromatic heterocycles. The third-order valence-electron chi connectivity index (χ3n) is 3.96. The predicted molar refractivity (Wildman–Crippen MR) is 98.7 cm³/mol. The van der Waals surface area contributed by atoms with E-state index in [1.807, 2.05) is 0 Å². The van der Waals surface area contributed by atoms with Crippen LogP contribution in [0.3, 0.4) is 0 Å². The van der Waals surface area contributed by atoms with Gasteiger partial charge in [-0.1, -0.05) is 62.1 Å². The summed E-state index contributed by atoms with van der Waals surface area (Å²) in [5, 5.41) is 0. The molecule has 0 fully saturated rings. The Labute approximate surface area is 134 Å². The molecule has 0 aliphatic heterocycles. The molecule has 0 nitrogen and oxygen atoms in total. The second kappa shape index (κ2) is 12.9. The Hall–Kier alpha value is -0.780. The molecular formula is C21H38. The Morgan fingerprint density at radius 2 is 1.14 bits per heavy atom. The summed E-state index contributed by atoms with van der Waals surface area (Å²) in [6, 6.07) is 0. The van der Waals surface area contributed by atoms with Gasteiger partial charge in [0, 0.05) is 0 Å². The van der Waals surface area contributed by atoms with Gasteiger partial charge in [-0.05, 0) is 71.6 Å². The third-order valence-corrected chi connectivity index (χ3v) is 3.96. The molecule has 0 N–H and O–H groups in total. The quantitative estimate of drug-likeness (QED) is 0.343. The lowest BCUT2D eigenvalue weighted by molar-refractivity contribution is 0.583. The van der Waals surface area contributed by atoms with Gasteiger partial charge < -0.3 is 0 Å². The fourth-order valence-electron chi connectivity index (χ4n) is 2.31. The van der Waals surface area contributed by atoms with Crippen molar-refractivity contribution in [3.63, 3.8) is 0 Å². The van der Waals surface area contributed by atoms with E-state index in [-0.39, 0.29) is 0 Å². The van der Waals surface area contributed by atoms with E-state index >= 15 is 0 Å². The van der Waals surface area contributed by atoms with E-state index in [4.69, 9.17) is 0 Å². The van der Waals surface area contributed by atoms with Gasteiger partial charge in [0.05, 0.1) is 0 Å². The average molecular weight is 291 g/mol. The van der Waals surface area contributed by atoms with Gasteiger partial charge in [-0.3, -0.25) is 0 Å². The van der Waals surface area contributed by atoms with Crippen LogP contribution in [-0.2, 0) is 0 Å². The Balaban J connectivity index is 3.89. The Kier molecular flexibility index (Phi) is 12.4. The van der Waals surface area contributed by atoms with Crippen LogP contribution in [0.2, 0.25) is 0 Å². The minimum atomic E-state index is 0.819. The standard InChI is InChI=1S/C21H38/c1-7-8-11-19(4)12-9-13-20(5)14-10-15-21(6)17-16-18(2)3/h11,13,15,18H,7-10,12,14,16-17H2,1-6H3/b19-11+,20-13+,21-15+. The average Bonchev–Trinajstić information content (AvgIpc) is 2.42. The first-order valence-electron chi connectivity index (χ1n) is 8.92. The molecule has 0 heterocycles. The zero-order valence-corrected chi connectivity index (χ0v) is 15.5. The molecule has 0 radical (unpaired) electrons. The zero-order valence-electron chi connectivity index (χ0n) is 15.5. The summed E-state index contributed by atoms with van der Waals surface area (Å²) < 4.78 is 0. The lowest BCUT2D eigenvalue weighted by Crippen LogP contribution is -1.88. The molecular weight excluding hydrogens is 252 g/mol. The lowest BCUT2D eigenvalue weighted by Gasteiger charge is -2.05. The first kappa shape index (κ1) is 20.2. The van der Waals surface area contributed by atoms with E-state index in [0.717, 1.165) is 5.92 Å². The maximum atomic E-state index is 2.44. The van der Waals surface area contributed by atoms with E-state index in [1.54, 1.807) is 16.7 Å². The van der Waals surface area contributed by atoms with Crippen LogP contribution in [0.15, 0.2) is 34.9 Å². The van der Waals surface area contributed by atoms with Gasteiger partial charge in [0.1, 0.15) is 0 Å². The molecule has 0 saturated heterocycles. The fourth-order valence-corrected chi connectivity index (χ4v) is 2.31. The Bertz CT molecular complexity index is 339. The topological polar surface area (TPSA) is 0 Å². The highest BCUT2D eigenvalue weighted by Crippen LogP contribution is 2.15. The van der Waals surface area contributed by atoms with E-state index < -0.39 is 0 Å². The maximum Gasteiger partial charge on any atom is -0.0288 e. The Morgan fingerprint density at radius 3 is 1.57 bits per heavy atom. The summed E-state index contributed by atoms with van der Waals surface area (Å²) >= 11 is 0. The van der Waals surface area contributed by atoms with Crippen molar-refractivity contribution in [3.05, 3.63) is 34.9 Å². The van der Waals surface area contributed by atoms with Crippen LogP contribution in [0.4, 0.5) is 0 Å². The Morgan fingerprint density at radius 1 is 0.714 bits per heavy atom. The van der Waals surface area contributed by atoms with Crippen LogP contribution in [-0.4, -0.2) is 0 Å². The fraction of sp³-hybridized carbons (Fsp3) is 0.714. The van der Waals surface area contributed by atoms with Gasteiger partial charge in [0.2, 0.25) is 0 Å². The van der Waals surface area contributed by atoms with Crippen molar-refractivity contribution in [1.82, 2.24) is 0 Å². The summed E-state index contributed by atoms with van der Waals surface area (Å²) in [7, 11) is 0. The van der Waals surface area contributed by atoms with Gasteiger partial charge in [0.15, 0.2) is 0 Å². The first-order chi connectivity index (χ1) is 9.95. The molecule has 0 unspecified atom stereocenters. The molecule has 0 saturated carbocycles. The third kappa shape index (κ3) is 13.9. The van der Waals surface area contributed by atoms with Gasteiger partial charge in [-0.2, -0.15) is 0 Å². The molecule has 0 heteroatoms. The number of unbranched alkanes of at least 4 members (excludes halogenated alkanes) is 1. The van der Waals surface area contributed by atoms with Crippen molar-refractivity contribution in [2.24, 2.45) is 5.92 Å². The molecule has 0 aromatic rings. The van der Waals surface area contributed by atoms with Crippen LogP contribution in [0.25, 0.3) is 0 Å². The van der Waals surface area contributed by atoms with Crippen LogP contribution in [0.1, 0.15) is 92.9 Å². The van der Waals surface area contributed by atoms with Crippen molar-refractivity contribution < 1.29 is 0 Å². The molecule has 0 spiro atoms. The van der Waals surface area contributed by atoms with E-state index in [9.17, 15) is 0 Å². The van der Waals surface area contributed by atoms with E-state index in [1.165, 1.54) is 51.4 Å². The molecule has 21 heavy (non-hydrogen) atoms. The van der Waals surface area contributed by atoms with Crippen molar-refractivity contribution in [3.8, 4) is 0 Å². The largest absolute Gasteiger partial charge is 0.0856 e. The second-order valence-corrected chi connectivity index (χ2v) is 6.95. The summed E-state index contributed by atoms with van der Waals surface area (Å²) in [4.78, 5) is 0. The van der Waals surface area contributed by atoms with Crippen LogP contribution in [0.5, 0.6) is 0 Å². The zero-order chi connectivity index (χ0) is 16.1. The van der Waals surface area contributed by atoms with Crippen molar-refractivity contribution >= 4 is 0 Å². The normalized spacial score (nSPS) is 14.1. The lowest BCUT2D eigenvalue weighted by atomic mass is 10.0. The summed E-state index contributed by atoms with van der Waals surface area (Å²) in [5.41, 5.74) is 4.66. The number of allylic oxidation sites excluding steroid dienone is 6. The van der Waals surface area contributed by atoms with Crippen molar-refractivity contribution in [2.75, 3.05) is 0 Å². The SMILES string of the molecule is CCC/C=C(\C)CC/C=C(\C)CC/C=C(\C)CCC(C)C. The van der Waals surface area contributed by atoms with Crippen LogP contribution < -0.4 is 0 Å². The van der Waals surface area contributed by atoms with Crippen LogP contribution >= 0.6 is 0 Å². The number of hydrogen-bond donors (Lipinski definition) is 0. The smallest absolute Gasteiger partial charge is 0.0288 e. The highest BCUT2D eigenvalue weighted by Gasteiger charge is 1.96. The van der Waals surface area contributed by atoms with E-state index in [0.29, 0.717) is 0 Å². The summed E-state index contributed by atoms with van der Waals surface area (Å²) in [5.74, 6) is 0.819. The predicted octanol–water partition coefficient (Wildman–Crippen LogP) is 7.62. The van der Waals surface area contributed by atoms with Crippen molar-refractivity contribution in [1.29, 1.82) is 0 Å². The van der Waals surface area contributed by atoms with Crippen molar-refractivity contribution in [2.45, 2.75) is 92.9 Å². The van der Waals surface area contributed by atoms with Gasteiger partial charge in [-0.25, -0.2) is 0 Å². The molecule has 0 aromatic carbocycles. The van der Waals surface area contributed by atoms with Gasteiger partial charge in [0.25, 0.3) is 0 Å². The molecule has 0 bridgehead atoms.